The maximum atomic E-state index is 12.5. The van der Waals surface area contributed by atoms with Gasteiger partial charge in [0.05, 0.1) is 5.92 Å². The van der Waals surface area contributed by atoms with Crippen LogP contribution >= 0.6 is 0 Å². The van der Waals surface area contributed by atoms with E-state index in [1.165, 1.54) is 0 Å². The number of carbonyl (C=O) groups is 1. The number of benzene rings is 1. The summed E-state index contributed by atoms with van der Waals surface area (Å²) in [5.41, 5.74) is 6.83. The van der Waals surface area contributed by atoms with Crippen molar-refractivity contribution in [1.29, 1.82) is 0 Å². The number of hydrogen-bond donors (Lipinski definition) is 1. The number of amides is 1. The van der Waals surface area contributed by atoms with Crippen LogP contribution in [0.25, 0.3) is 0 Å². The topological polar surface area (TPSA) is 46.3 Å². The number of nitrogens with two attached hydrogens (primary N) is 1. The summed E-state index contributed by atoms with van der Waals surface area (Å²) in [7, 11) is 0. The van der Waals surface area contributed by atoms with Crippen LogP contribution in [0.5, 0.6) is 0 Å². The number of hydrogen-bond acceptors (Lipinski definition) is 2. The van der Waals surface area contributed by atoms with E-state index >= 15 is 0 Å². The first kappa shape index (κ1) is 13.1. The van der Waals surface area contributed by atoms with Gasteiger partial charge in [0.2, 0.25) is 5.91 Å². The number of likely N-dealkylation sites (tertiary alicyclic amines) is 1. The smallest absolute Gasteiger partial charge is 0.231 e. The van der Waals surface area contributed by atoms with Gasteiger partial charge in [0.25, 0.3) is 0 Å². The van der Waals surface area contributed by atoms with Crippen molar-refractivity contribution in [2.75, 3.05) is 19.6 Å². The lowest BCUT2D eigenvalue weighted by molar-refractivity contribution is -0.131. The highest BCUT2D eigenvalue weighted by molar-refractivity contribution is 5.84. The Hall–Kier alpha value is -1.35. The Bertz CT molecular complexity index is 391. The van der Waals surface area contributed by atoms with Gasteiger partial charge in [0.15, 0.2) is 0 Å². The van der Waals surface area contributed by atoms with Gasteiger partial charge in [0, 0.05) is 19.6 Å². The Morgan fingerprint density at radius 2 is 2.17 bits per heavy atom. The van der Waals surface area contributed by atoms with Crippen LogP contribution in [0.15, 0.2) is 30.3 Å². The Balaban J connectivity index is 2.07. The largest absolute Gasteiger partial charge is 0.342 e. The first-order valence-electron chi connectivity index (χ1n) is 6.80. The van der Waals surface area contributed by atoms with E-state index in [0.29, 0.717) is 12.5 Å². The average molecular weight is 246 g/mol. The molecule has 0 bridgehead atoms. The van der Waals surface area contributed by atoms with Crippen LogP contribution in [-0.2, 0) is 4.79 Å². The fraction of sp³-hybridized carbons (Fsp3) is 0.533. The number of nitrogens with zero attached hydrogens (tertiary/aromatic N) is 1. The van der Waals surface area contributed by atoms with Gasteiger partial charge in [-0.2, -0.15) is 0 Å². The molecule has 0 aliphatic carbocycles. The lowest BCUT2D eigenvalue weighted by Gasteiger charge is -2.23. The van der Waals surface area contributed by atoms with Gasteiger partial charge in [-0.05, 0) is 17.9 Å². The fourth-order valence-electron chi connectivity index (χ4n) is 2.65. The van der Waals surface area contributed by atoms with Gasteiger partial charge < -0.3 is 10.6 Å². The second-order valence-corrected chi connectivity index (χ2v) is 5.05. The predicted molar refractivity (Wildman–Crippen MR) is 73.2 cm³/mol. The van der Waals surface area contributed by atoms with Crippen LogP contribution < -0.4 is 5.73 Å². The van der Waals surface area contributed by atoms with Crippen LogP contribution in [0.1, 0.15) is 31.2 Å². The summed E-state index contributed by atoms with van der Waals surface area (Å²) in [5, 5.41) is 0. The van der Waals surface area contributed by atoms with Gasteiger partial charge >= 0.3 is 0 Å². The third-order valence-electron chi connectivity index (χ3n) is 3.91. The molecule has 98 valence electrons. The molecule has 3 heteroatoms. The highest BCUT2D eigenvalue weighted by Gasteiger charge is 2.30. The first-order chi connectivity index (χ1) is 8.76. The van der Waals surface area contributed by atoms with Gasteiger partial charge in [-0.15, -0.1) is 0 Å². The Labute approximate surface area is 109 Å². The molecule has 1 aliphatic rings. The molecule has 0 spiro atoms. The minimum Gasteiger partial charge on any atom is -0.342 e. The molecule has 2 unspecified atom stereocenters. The maximum absolute atomic E-state index is 12.5. The minimum atomic E-state index is -0.179. The van der Waals surface area contributed by atoms with Crippen molar-refractivity contribution >= 4 is 5.91 Å². The van der Waals surface area contributed by atoms with Crippen LogP contribution in [0.3, 0.4) is 0 Å². The van der Waals surface area contributed by atoms with Gasteiger partial charge in [-0.1, -0.05) is 43.7 Å². The van der Waals surface area contributed by atoms with Crippen LogP contribution in [-0.4, -0.2) is 30.4 Å². The Kier molecular flexibility index (Phi) is 4.37. The third-order valence-corrected chi connectivity index (χ3v) is 3.91. The van der Waals surface area contributed by atoms with Crippen molar-refractivity contribution in [3.8, 4) is 0 Å². The molecule has 2 rings (SSSR count). The molecule has 1 aliphatic heterocycles. The molecule has 3 nitrogen and oxygen atoms in total. The number of rotatable bonds is 4. The van der Waals surface area contributed by atoms with E-state index < -0.39 is 0 Å². The van der Waals surface area contributed by atoms with E-state index in [0.717, 1.165) is 31.5 Å². The molecule has 1 amide bonds. The molecular weight excluding hydrogens is 224 g/mol. The molecule has 0 aromatic heterocycles. The molecule has 2 atom stereocenters. The second-order valence-electron chi connectivity index (χ2n) is 5.05. The van der Waals surface area contributed by atoms with Crippen molar-refractivity contribution < 1.29 is 4.79 Å². The summed E-state index contributed by atoms with van der Waals surface area (Å²) in [4.78, 5) is 14.5. The van der Waals surface area contributed by atoms with E-state index in [-0.39, 0.29) is 11.8 Å². The van der Waals surface area contributed by atoms with Crippen molar-refractivity contribution in [3.63, 3.8) is 0 Å². The monoisotopic (exact) mass is 246 g/mol. The van der Waals surface area contributed by atoms with E-state index in [9.17, 15) is 4.79 Å². The van der Waals surface area contributed by atoms with Crippen LogP contribution in [0, 0.1) is 5.92 Å². The van der Waals surface area contributed by atoms with Gasteiger partial charge in [0.1, 0.15) is 0 Å². The Morgan fingerprint density at radius 3 is 2.72 bits per heavy atom. The van der Waals surface area contributed by atoms with Gasteiger partial charge in [-0.3, -0.25) is 4.79 Å². The first-order valence-corrected chi connectivity index (χ1v) is 6.80. The van der Waals surface area contributed by atoms with Crippen molar-refractivity contribution in [2.45, 2.75) is 25.7 Å². The third kappa shape index (κ3) is 2.72. The zero-order chi connectivity index (χ0) is 13.0. The zero-order valence-corrected chi connectivity index (χ0v) is 11.0. The summed E-state index contributed by atoms with van der Waals surface area (Å²) in [5.74, 6) is 0.685. The van der Waals surface area contributed by atoms with Crippen LogP contribution in [0.4, 0.5) is 0 Å². The predicted octanol–water partition coefficient (Wildman–Crippen LogP) is 1.99. The molecule has 1 heterocycles. The van der Waals surface area contributed by atoms with E-state index in [2.05, 4.69) is 6.92 Å². The molecule has 2 N–H and O–H groups in total. The average Bonchev–Trinajstić information content (AvgIpc) is 2.89. The van der Waals surface area contributed by atoms with Crippen molar-refractivity contribution in [2.24, 2.45) is 11.7 Å². The van der Waals surface area contributed by atoms with Crippen molar-refractivity contribution in [3.05, 3.63) is 35.9 Å². The highest BCUT2D eigenvalue weighted by Crippen LogP contribution is 2.24. The quantitative estimate of drug-likeness (QED) is 0.883. The summed E-state index contributed by atoms with van der Waals surface area (Å²) < 4.78 is 0. The molecule has 1 saturated heterocycles. The normalized spacial score (nSPS) is 21.0. The number of carbonyl (C=O) groups excluding carboxylic acids is 1. The van der Waals surface area contributed by atoms with E-state index in [1.54, 1.807) is 0 Å². The minimum absolute atomic E-state index is 0.179. The maximum Gasteiger partial charge on any atom is 0.231 e. The SMILES string of the molecule is CCC1CCN(C(=O)C(CN)c2ccccc2)C1. The molecule has 1 aromatic carbocycles. The zero-order valence-electron chi connectivity index (χ0n) is 11.0. The molecule has 0 saturated carbocycles. The Morgan fingerprint density at radius 1 is 1.44 bits per heavy atom. The fourth-order valence-corrected chi connectivity index (χ4v) is 2.65. The molecular formula is C15H22N2O. The van der Waals surface area contributed by atoms with E-state index in [1.807, 2.05) is 35.2 Å². The molecule has 1 fully saturated rings. The molecule has 0 radical (unpaired) electrons. The second kappa shape index (κ2) is 6.01. The molecule has 1 aromatic rings. The lowest BCUT2D eigenvalue weighted by atomic mass is 9.98. The highest BCUT2D eigenvalue weighted by atomic mass is 16.2. The lowest BCUT2D eigenvalue weighted by Crippen LogP contribution is -2.36. The van der Waals surface area contributed by atoms with E-state index in [4.69, 9.17) is 5.73 Å². The van der Waals surface area contributed by atoms with Gasteiger partial charge in [-0.25, -0.2) is 0 Å². The van der Waals surface area contributed by atoms with Crippen molar-refractivity contribution in [1.82, 2.24) is 4.90 Å². The standard InChI is InChI=1S/C15H22N2O/c1-2-12-8-9-17(11-12)15(18)14(10-16)13-6-4-3-5-7-13/h3-7,12,14H,2,8-11,16H2,1H3. The van der Waals surface area contributed by atoms with Crippen LogP contribution in [0.2, 0.25) is 0 Å². The summed E-state index contributed by atoms with van der Waals surface area (Å²) >= 11 is 0. The summed E-state index contributed by atoms with van der Waals surface area (Å²) in [6, 6.07) is 9.87. The summed E-state index contributed by atoms with van der Waals surface area (Å²) in [6.45, 7) is 4.37. The summed E-state index contributed by atoms with van der Waals surface area (Å²) in [6.07, 6.45) is 2.29. The molecule has 18 heavy (non-hydrogen) atoms.